The van der Waals surface area contributed by atoms with Gasteiger partial charge in [-0.3, -0.25) is 14.4 Å². The van der Waals surface area contributed by atoms with Crippen LogP contribution < -0.4 is 5.32 Å². The summed E-state index contributed by atoms with van der Waals surface area (Å²) in [6.45, 7) is 3.29. The van der Waals surface area contributed by atoms with Crippen LogP contribution in [0.3, 0.4) is 0 Å². The van der Waals surface area contributed by atoms with Crippen LogP contribution in [0.1, 0.15) is 34.1 Å². The minimum atomic E-state index is -0.00648. The number of carbonyl (C=O) groups excluding carboxylic acids is 1. The SMILES string of the molecule is O=C(NCC[C@@H]1CN(Cc2ccoc2)Cc2ccnn21)c1ccsc1. The molecule has 1 aliphatic rings. The molecular weight excluding hydrogens is 336 g/mol. The fraction of sp³-hybridized carbons (Fsp3) is 0.333. The molecule has 4 heterocycles. The molecule has 1 aliphatic heterocycles. The van der Waals surface area contributed by atoms with Crippen molar-refractivity contribution in [3.63, 3.8) is 0 Å². The van der Waals surface area contributed by atoms with E-state index in [4.69, 9.17) is 4.42 Å². The number of hydrogen-bond donors (Lipinski definition) is 1. The van der Waals surface area contributed by atoms with Gasteiger partial charge in [0, 0.05) is 48.9 Å². The van der Waals surface area contributed by atoms with Gasteiger partial charge in [0.15, 0.2) is 0 Å². The molecule has 0 aliphatic carbocycles. The molecule has 1 amide bonds. The van der Waals surface area contributed by atoms with Crippen molar-refractivity contribution in [1.82, 2.24) is 20.0 Å². The number of nitrogens with zero attached hydrogens (tertiary/aromatic N) is 3. The fourth-order valence-corrected chi connectivity index (χ4v) is 3.92. The first-order valence-electron chi connectivity index (χ1n) is 8.36. The number of aromatic nitrogens is 2. The van der Waals surface area contributed by atoms with E-state index in [2.05, 4.69) is 26.1 Å². The molecule has 0 saturated carbocycles. The van der Waals surface area contributed by atoms with Gasteiger partial charge in [0.25, 0.3) is 5.91 Å². The highest BCUT2D eigenvalue weighted by molar-refractivity contribution is 7.08. The Kier molecular flexibility index (Phi) is 4.67. The third-order valence-corrected chi connectivity index (χ3v) is 5.17. The van der Waals surface area contributed by atoms with Gasteiger partial charge >= 0.3 is 0 Å². The molecule has 0 fully saturated rings. The Morgan fingerprint density at radius 2 is 2.36 bits per heavy atom. The summed E-state index contributed by atoms with van der Waals surface area (Å²) in [4.78, 5) is 14.5. The van der Waals surface area contributed by atoms with Crippen molar-refractivity contribution in [3.8, 4) is 0 Å². The number of carbonyl (C=O) groups is 1. The fourth-order valence-electron chi connectivity index (χ4n) is 3.29. The molecule has 0 bridgehead atoms. The lowest BCUT2D eigenvalue weighted by molar-refractivity contribution is 0.0947. The average Bonchev–Trinajstić information content (AvgIpc) is 3.36. The van der Waals surface area contributed by atoms with Gasteiger partial charge in [-0.15, -0.1) is 0 Å². The third-order valence-electron chi connectivity index (χ3n) is 4.49. The average molecular weight is 356 g/mol. The molecule has 0 saturated heterocycles. The van der Waals surface area contributed by atoms with Gasteiger partial charge in [-0.1, -0.05) is 0 Å². The number of fused-ring (bicyclic) bond motifs is 1. The number of rotatable bonds is 6. The van der Waals surface area contributed by atoms with E-state index in [0.29, 0.717) is 6.54 Å². The van der Waals surface area contributed by atoms with Gasteiger partial charge in [-0.2, -0.15) is 16.4 Å². The molecule has 130 valence electrons. The Balaban J connectivity index is 1.37. The molecule has 25 heavy (non-hydrogen) atoms. The van der Waals surface area contributed by atoms with Gasteiger partial charge in [0.05, 0.1) is 24.3 Å². The molecule has 0 aromatic carbocycles. The van der Waals surface area contributed by atoms with E-state index in [0.717, 1.165) is 31.6 Å². The van der Waals surface area contributed by atoms with E-state index in [1.807, 2.05) is 29.1 Å². The lowest BCUT2D eigenvalue weighted by Gasteiger charge is -2.33. The predicted molar refractivity (Wildman–Crippen MR) is 95.4 cm³/mol. The predicted octanol–water partition coefficient (Wildman–Crippen LogP) is 2.91. The topological polar surface area (TPSA) is 63.3 Å². The monoisotopic (exact) mass is 356 g/mol. The van der Waals surface area contributed by atoms with Crippen LogP contribution in [0.25, 0.3) is 0 Å². The van der Waals surface area contributed by atoms with Gasteiger partial charge in [-0.05, 0) is 30.0 Å². The Morgan fingerprint density at radius 1 is 1.40 bits per heavy atom. The largest absolute Gasteiger partial charge is 0.472 e. The lowest BCUT2D eigenvalue weighted by atomic mass is 10.1. The summed E-state index contributed by atoms with van der Waals surface area (Å²) in [7, 11) is 0. The van der Waals surface area contributed by atoms with Crippen molar-refractivity contribution in [1.29, 1.82) is 0 Å². The Bertz CT molecular complexity index is 810. The zero-order valence-electron chi connectivity index (χ0n) is 13.8. The summed E-state index contributed by atoms with van der Waals surface area (Å²) in [6, 6.07) is 6.17. The van der Waals surface area contributed by atoms with Crippen molar-refractivity contribution in [2.45, 2.75) is 25.6 Å². The van der Waals surface area contributed by atoms with Crippen molar-refractivity contribution in [3.05, 3.63) is 64.5 Å². The van der Waals surface area contributed by atoms with Crippen molar-refractivity contribution < 1.29 is 9.21 Å². The minimum Gasteiger partial charge on any atom is -0.472 e. The number of furan rings is 1. The summed E-state index contributed by atoms with van der Waals surface area (Å²) in [5.74, 6) is -0.00648. The van der Waals surface area contributed by atoms with Crippen molar-refractivity contribution in [2.75, 3.05) is 13.1 Å². The molecule has 7 heteroatoms. The summed E-state index contributed by atoms with van der Waals surface area (Å²) in [5.41, 5.74) is 3.12. The highest BCUT2D eigenvalue weighted by atomic mass is 32.1. The van der Waals surface area contributed by atoms with E-state index in [-0.39, 0.29) is 11.9 Å². The molecular formula is C18H20N4O2S. The molecule has 0 spiro atoms. The Hall–Kier alpha value is -2.38. The van der Waals surface area contributed by atoms with Crippen LogP contribution in [0.4, 0.5) is 0 Å². The maximum atomic E-state index is 12.1. The van der Waals surface area contributed by atoms with Crippen molar-refractivity contribution in [2.24, 2.45) is 0 Å². The highest BCUT2D eigenvalue weighted by Gasteiger charge is 2.25. The van der Waals surface area contributed by atoms with Gasteiger partial charge in [0.1, 0.15) is 0 Å². The van der Waals surface area contributed by atoms with Gasteiger partial charge in [-0.25, -0.2) is 0 Å². The maximum Gasteiger partial charge on any atom is 0.252 e. The molecule has 6 nitrogen and oxygen atoms in total. The van der Waals surface area contributed by atoms with E-state index >= 15 is 0 Å². The summed E-state index contributed by atoms with van der Waals surface area (Å²) in [5, 5.41) is 11.3. The maximum absolute atomic E-state index is 12.1. The molecule has 0 radical (unpaired) electrons. The Morgan fingerprint density at radius 3 is 3.16 bits per heavy atom. The zero-order chi connectivity index (χ0) is 17.1. The van der Waals surface area contributed by atoms with Crippen molar-refractivity contribution >= 4 is 17.2 Å². The zero-order valence-corrected chi connectivity index (χ0v) is 14.6. The first-order valence-corrected chi connectivity index (χ1v) is 9.30. The van der Waals surface area contributed by atoms with Crippen LogP contribution in [0.2, 0.25) is 0 Å². The second-order valence-electron chi connectivity index (χ2n) is 6.28. The lowest BCUT2D eigenvalue weighted by Crippen LogP contribution is -2.38. The van der Waals surface area contributed by atoms with Crippen LogP contribution >= 0.6 is 11.3 Å². The molecule has 0 unspecified atom stereocenters. The van der Waals surface area contributed by atoms with Crippen LogP contribution in [0.15, 0.2) is 52.1 Å². The van der Waals surface area contributed by atoms with Crippen LogP contribution in [-0.4, -0.2) is 33.7 Å². The molecule has 1 N–H and O–H groups in total. The van der Waals surface area contributed by atoms with E-state index in [1.54, 1.807) is 12.5 Å². The van der Waals surface area contributed by atoms with E-state index < -0.39 is 0 Å². The normalized spacial score (nSPS) is 17.4. The third kappa shape index (κ3) is 3.67. The summed E-state index contributed by atoms with van der Waals surface area (Å²) >= 11 is 1.53. The second kappa shape index (κ2) is 7.25. The Labute approximate surface area is 150 Å². The molecule has 4 rings (SSSR count). The molecule has 1 atom stereocenters. The van der Waals surface area contributed by atoms with Crippen LogP contribution in [-0.2, 0) is 13.1 Å². The minimum absolute atomic E-state index is 0.00648. The van der Waals surface area contributed by atoms with Gasteiger partial charge in [0.2, 0.25) is 0 Å². The van der Waals surface area contributed by atoms with E-state index in [1.165, 1.54) is 22.6 Å². The smallest absolute Gasteiger partial charge is 0.252 e. The first-order chi connectivity index (χ1) is 12.3. The summed E-state index contributed by atoms with van der Waals surface area (Å²) in [6.07, 6.45) is 6.21. The highest BCUT2D eigenvalue weighted by Crippen LogP contribution is 2.24. The number of hydrogen-bond acceptors (Lipinski definition) is 5. The standard InChI is InChI=1S/C18H20N4O2S/c23-18(15-4-8-25-13-15)19-5-1-16-10-21(9-14-3-7-24-12-14)11-17-2-6-20-22(16)17/h2-4,6-8,12-13,16H,1,5,9-11H2,(H,19,23)/t16-/m1/s1. The second-order valence-corrected chi connectivity index (χ2v) is 7.06. The molecule has 3 aromatic rings. The first kappa shape index (κ1) is 16.1. The van der Waals surface area contributed by atoms with Gasteiger partial charge < -0.3 is 9.73 Å². The van der Waals surface area contributed by atoms with E-state index in [9.17, 15) is 4.79 Å². The van der Waals surface area contributed by atoms with Crippen LogP contribution in [0, 0.1) is 0 Å². The molecule has 3 aromatic heterocycles. The number of nitrogens with one attached hydrogen (secondary N) is 1. The number of amides is 1. The van der Waals surface area contributed by atoms with Crippen LogP contribution in [0.5, 0.6) is 0 Å². The summed E-state index contributed by atoms with van der Waals surface area (Å²) < 4.78 is 7.27. The number of thiophene rings is 1. The quantitative estimate of drug-likeness (QED) is 0.738.